The lowest BCUT2D eigenvalue weighted by atomic mass is 9.89. The number of imide groups is 1. The minimum absolute atomic E-state index is 0.0162. The number of nitro groups is 1. The van der Waals surface area contributed by atoms with E-state index in [0.29, 0.717) is 23.4 Å². The Bertz CT molecular complexity index is 1750. The van der Waals surface area contributed by atoms with Crippen molar-refractivity contribution < 1.29 is 24.1 Å². The highest BCUT2D eigenvalue weighted by molar-refractivity contribution is 6.22. The van der Waals surface area contributed by atoms with Crippen molar-refractivity contribution >= 4 is 40.7 Å². The number of para-hydroxylation sites is 2. The van der Waals surface area contributed by atoms with Crippen LogP contribution in [0.3, 0.4) is 0 Å². The molecule has 2 aliphatic heterocycles. The van der Waals surface area contributed by atoms with Gasteiger partial charge in [-0.25, -0.2) is 0 Å². The van der Waals surface area contributed by atoms with Gasteiger partial charge in [-0.3, -0.25) is 34.2 Å². The summed E-state index contributed by atoms with van der Waals surface area (Å²) in [5.41, 5.74) is 3.17. The number of fused-ring (bicyclic) bond motifs is 2. The van der Waals surface area contributed by atoms with E-state index in [1.165, 1.54) is 12.1 Å². The van der Waals surface area contributed by atoms with Gasteiger partial charge in [0.2, 0.25) is 11.8 Å². The Morgan fingerprint density at radius 3 is 2.07 bits per heavy atom. The zero-order valence-electron chi connectivity index (χ0n) is 23.8. The normalized spacial score (nSPS) is 17.2. The number of nitro benzene ring substituents is 1. The van der Waals surface area contributed by atoms with Crippen LogP contribution in [0.5, 0.6) is 0 Å². The Kier molecular flexibility index (Phi) is 7.48. The third-order valence-electron chi connectivity index (χ3n) is 8.12. The number of carbonyl (C=O) groups excluding carboxylic acids is 4. The molecule has 10 nitrogen and oxygen atoms in total. The molecule has 0 unspecified atom stereocenters. The molecule has 2 atom stereocenters. The molecule has 4 aromatic carbocycles. The van der Waals surface area contributed by atoms with Crippen molar-refractivity contribution in [2.75, 3.05) is 16.3 Å². The van der Waals surface area contributed by atoms with E-state index in [4.69, 9.17) is 0 Å². The molecule has 0 saturated carbocycles. The Labute approximate surface area is 253 Å². The van der Waals surface area contributed by atoms with Gasteiger partial charge in [-0.15, -0.1) is 0 Å². The standard InChI is InChI=1S/C34H28N4O6/c1-22-19-30(37(24-9-3-2-4-10-24)31(39)20-23-15-17-25(18-16-23)38(43)44)28-13-7-8-14-29(28)36(22)32(40)21-35-33(41)26-11-5-6-12-27(26)34(35)42/h2-18,22,30H,19-21H2,1H3/t22-,30-/m0/s1. The second-order valence-electron chi connectivity index (χ2n) is 10.9. The number of rotatable bonds is 7. The minimum atomic E-state index is -0.498. The van der Waals surface area contributed by atoms with Crippen molar-refractivity contribution in [3.05, 3.63) is 135 Å². The first-order chi connectivity index (χ1) is 21.2. The Balaban J connectivity index is 1.31. The molecule has 4 aromatic rings. The molecule has 0 aliphatic carbocycles. The lowest BCUT2D eigenvalue weighted by Crippen LogP contribution is -2.51. The van der Waals surface area contributed by atoms with Gasteiger partial charge in [0.25, 0.3) is 17.5 Å². The van der Waals surface area contributed by atoms with Crippen LogP contribution in [0.4, 0.5) is 17.1 Å². The van der Waals surface area contributed by atoms with E-state index in [2.05, 4.69) is 0 Å². The molecular formula is C34H28N4O6. The van der Waals surface area contributed by atoms with E-state index in [1.807, 2.05) is 61.5 Å². The summed E-state index contributed by atoms with van der Waals surface area (Å²) in [7, 11) is 0. The van der Waals surface area contributed by atoms with Gasteiger partial charge in [0.1, 0.15) is 6.54 Å². The third kappa shape index (κ3) is 5.11. The minimum Gasteiger partial charge on any atom is -0.308 e. The maximum atomic E-state index is 14.0. The predicted octanol–water partition coefficient (Wildman–Crippen LogP) is 5.33. The van der Waals surface area contributed by atoms with E-state index < -0.39 is 35.2 Å². The SMILES string of the molecule is C[C@H]1C[C@H](N(C(=O)Cc2ccc([N+](=O)[O-])cc2)c2ccccc2)c2ccccc2N1C(=O)CN1C(=O)c2ccccc2C1=O. The second-order valence-corrected chi connectivity index (χ2v) is 10.9. The van der Waals surface area contributed by atoms with Crippen LogP contribution in [0.25, 0.3) is 0 Å². The largest absolute Gasteiger partial charge is 0.308 e. The molecule has 0 radical (unpaired) electrons. The van der Waals surface area contributed by atoms with Gasteiger partial charge < -0.3 is 9.80 Å². The summed E-state index contributed by atoms with van der Waals surface area (Å²) >= 11 is 0. The summed E-state index contributed by atoms with van der Waals surface area (Å²) in [6.45, 7) is 1.48. The van der Waals surface area contributed by atoms with Gasteiger partial charge in [-0.05, 0) is 54.8 Å². The highest BCUT2D eigenvalue weighted by atomic mass is 16.6. The number of benzene rings is 4. The average molecular weight is 589 g/mol. The molecule has 44 heavy (non-hydrogen) atoms. The molecule has 6 rings (SSSR count). The van der Waals surface area contributed by atoms with E-state index in [-0.39, 0.29) is 35.2 Å². The van der Waals surface area contributed by atoms with Crippen molar-refractivity contribution in [1.82, 2.24) is 4.90 Å². The molecule has 0 bridgehead atoms. The number of hydrogen-bond donors (Lipinski definition) is 0. The van der Waals surface area contributed by atoms with Gasteiger partial charge in [-0.1, -0.05) is 60.7 Å². The molecule has 2 aliphatic rings. The molecule has 220 valence electrons. The maximum absolute atomic E-state index is 14.0. The van der Waals surface area contributed by atoms with Crippen LogP contribution in [0.1, 0.15) is 51.2 Å². The summed E-state index contributed by atoms with van der Waals surface area (Å²) in [6, 6.07) is 28.2. The zero-order chi connectivity index (χ0) is 31.0. The summed E-state index contributed by atoms with van der Waals surface area (Å²) < 4.78 is 0. The fourth-order valence-electron chi connectivity index (χ4n) is 6.08. The van der Waals surface area contributed by atoms with Crippen LogP contribution in [0.2, 0.25) is 0 Å². The molecule has 2 heterocycles. The second kappa shape index (κ2) is 11.6. The number of amides is 4. The van der Waals surface area contributed by atoms with E-state index in [1.54, 1.807) is 46.2 Å². The molecular weight excluding hydrogens is 560 g/mol. The quantitative estimate of drug-likeness (QED) is 0.163. The molecule has 0 spiro atoms. The zero-order valence-corrected chi connectivity index (χ0v) is 23.8. The highest BCUT2D eigenvalue weighted by Crippen LogP contribution is 2.42. The number of non-ortho nitro benzene ring substituents is 1. The highest BCUT2D eigenvalue weighted by Gasteiger charge is 2.41. The number of anilines is 2. The van der Waals surface area contributed by atoms with Crippen LogP contribution < -0.4 is 9.80 Å². The Morgan fingerprint density at radius 1 is 0.841 bits per heavy atom. The molecule has 0 N–H and O–H groups in total. The summed E-state index contributed by atoms with van der Waals surface area (Å²) in [6.07, 6.45) is 0.411. The van der Waals surface area contributed by atoms with Crippen LogP contribution in [0, 0.1) is 10.1 Å². The molecule has 10 heteroatoms. The fourth-order valence-corrected chi connectivity index (χ4v) is 6.08. The van der Waals surface area contributed by atoms with E-state index >= 15 is 0 Å². The van der Waals surface area contributed by atoms with Gasteiger partial charge >= 0.3 is 0 Å². The van der Waals surface area contributed by atoms with Crippen molar-refractivity contribution in [3.8, 4) is 0 Å². The van der Waals surface area contributed by atoms with Gasteiger partial charge in [-0.2, -0.15) is 0 Å². The number of nitrogens with zero attached hydrogens (tertiary/aromatic N) is 4. The number of carbonyl (C=O) groups is 4. The van der Waals surface area contributed by atoms with Gasteiger partial charge in [0.05, 0.1) is 28.5 Å². The molecule has 4 amide bonds. The van der Waals surface area contributed by atoms with Gasteiger partial charge in [0, 0.05) is 29.5 Å². The summed E-state index contributed by atoms with van der Waals surface area (Å²) in [5.74, 6) is -1.60. The maximum Gasteiger partial charge on any atom is 0.269 e. The first kappa shape index (κ1) is 28.5. The first-order valence-electron chi connectivity index (χ1n) is 14.2. The van der Waals surface area contributed by atoms with Crippen molar-refractivity contribution in [3.63, 3.8) is 0 Å². The van der Waals surface area contributed by atoms with Gasteiger partial charge in [0.15, 0.2) is 0 Å². The third-order valence-corrected chi connectivity index (χ3v) is 8.12. The lowest BCUT2D eigenvalue weighted by Gasteiger charge is -2.44. The van der Waals surface area contributed by atoms with Crippen LogP contribution in [-0.2, 0) is 16.0 Å². The van der Waals surface area contributed by atoms with Crippen LogP contribution in [-0.4, -0.2) is 46.0 Å². The topological polar surface area (TPSA) is 121 Å². The Hall–Kier alpha value is -5.64. The predicted molar refractivity (Wildman–Crippen MR) is 163 cm³/mol. The van der Waals surface area contributed by atoms with E-state index in [9.17, 15) is 29.3 Å². The number of hydrogen-bond acceptors (Lipinski definition) is 6. The lowest BCUT2D eigenvalue weighted by molar-refractivity contribution is -0.384. The van der Waals surface area contributed by atoms with E-state index in [0.717, 1.165) is 10.5 Å². The van der Waals surface area contributed by atoms with Crippen molar-refractivity contribution in [2.24, 2.45) is 0 Å². The van der Waals surface area contributed by atoms with Crippen molar-refractivity contribution in [2.45, 2.75) is 31.8 Å². The van der Waals surface area contributed by atoms with Crippen molar-refractivity contribution in [1.29, 1.82) is 0 Å². The Morgan fingerprint density at radius 2 is 1.43 bits per heavy atom. The first-order valence-corrected chi connectivity index (χ1v) is 14.2. The average Bonchev–Trinajstić information content (AvgIpc) is 3.26. The molecule has 0 fully saturated rings. The monoisotopic (exact) mass is 588 g/mol. The van der Waals surface area contributed by atoms with Crippen LogP contribution >= 0.6 is 0 Å². The fraction of sp³-hybridized carbons (Fsp3) is 0.176. The summed E-state index contributed by atoms with van der Waals surface area (Å²) in [4.78, 5) is 68.7. The smallest absolute Gasteiger partial charge is 0.269 e. The van der Waals surface area contributed by atoms with Crippen LogP contribution in [0.15, 0.2) is 103 Å². The molecule has 0 aromatic heterocycles. The summed E-state index contributed by atoms with van der Waals surface area (Å²) in [5, 5.41) is 11.1. The molecule has 0 saturated heterocycles.